The van der Waals surface area contributed by atoms with Crippen molar-refractivity contribution in [3.8, 4) is 28.2 Å². The van der Waals surface area contributed by atoms with Gasteiger partial charge >= 0.3 is 12.1 Å². The molecule has 0 bridgehead atoms. The average molecular weight is 496 g/mol. The zero-order valence-electron chi connectivity index (χ0n) is 19.3. The summed E-state index contributed by atoms with van der Waals surface area (Å²) in [6, 6.07) is 22.0. The summed E-state index contributed by atoms with van der Waals surface area (Å²) < 4.78 is 52.2. The quantitative estimate of drug-likeness (QED) is 0.299. The molecular weight excluding hydrogens is 473 g/mol. The number of rotatable bonds is 8. The lowest BCUT2D eigenvalue weighted by Crippen LogP contribution is -2.35. The van der Waals surface area contributed by atoms with Crippen LogP contribution in [0.15, 0.2) is 83.4 Å². The topological polar surface area (TPSA) is 98.6 Å². The number of halogens is 3. The molecule has 0 unspecified atom stereocenters. The van der Waals surface area contributed by atoms with Gasteiger partial charge < -0.3 is 20.1 Å². The molecule has 0 fully saturated rings. The largest absolute Gasteiger partial charge is 0.488 e. The Hall–Kier alpha value is -4.11. The molecule has 0 spiro atoms. The summed E-state index contributed by atoms with van der Waals surface area (Å²) in [5.41, 5.74) is 6.63. The monoisotopic (exact) mass is 496 g/mol. The van der Waals surface area contributed by atoms with Crippen LogP contribution < -0.4 is 10.5 Å². The third kappa shape index (κ3) is 5.75. The first kappa shape index (κ1) is 25.0. The second-order valence-corrected chi connectivity index (χ2v) is 8.62. The van der Waals surface area contributed by atoms with Gasteiger partial charge in [-0.2, -0.15) is 13.2 Å². The minimum atomic E-state index is -4.68. The highest BCUT2D eigenvalue weighted by Gasteiger charge is 2.35. The van der Waals surface area contributed by atoms with Gasteiger partial charge in [0.25, 0.3) is 0 Å². The van der Waals surface area contributed by atoms with Crippen LogP contribution in [-0.2, 0) is 23.1 Å². The molecule has 3 aromatic carbocycles. The number of carboxylic acid groups (broad SMARTS) is 1. The number of benzene rings is 3. The van der Waals surface area contributed by atoms with Crippen molar-refractivity contribution in [3.05, 3.63) is 95.7 Å². The van der Waals surface area contributed by atoms with Gasteiger partial charge in [-0.25, -0.2) is 0 Å². The molecule has 0 radical (unpaired) electrons. The number of nitrogens with zero attached hydrogens (tertiary/aromatic N) is 1. The van der Waals surface area contributed by atoms with Crippen molar-refractivity contribution >= 4 is 5.97 Å². The highest BCUT2D eigenvalue weighted by Crippen LogP contribution is 2.39. The van der Waals surface area contributed by atoms with Gasteiger partial charge in [0.05, 0.1) is 17.5 Å². The Morgan fingerprint density at radius 3 is 2.25 bits per heavy atom. The SMILES string of the molecule is C[C@](N)(CC(=O)O)c1cc(-c2ccc(OCc3ccc(-c4ccccc4)cc3)c(C(F)(F)F)c2)on1. The standard InChI is InChI=1S/C27H23F3N2O4/c1-26(31,15-25(33)34)24-14-23(36-32-24)20-11-12-22(21(13-20)27(28,29)30)35-16-17-7-9-19(10-8-17)18-5-3-2-4-6-18/h2-14H,15-16,31H2,1H3,(H,33,34)/t26-/m0/s1. The van der Waals surface area contributed by atoms with Gasteiger partial charge in [0.2, 0.25) is 0 Å². The first-order valence-corrected chi connectivity index (χ1v) is 11.0. The molecule has 6 nitrogen and oxygen atoms in total. The van der Waals surface area contributed by atoms with E-state index in [1.165, 1.54) is 25.1 Å². The van der Waals surface area contributed by atoms with E-state index in [4.69, 9.17) is 20.1 Å². The molecule has 0 saturated carbocycles. The first-order chi connectivity index (χ1) is 17.0. The highest BCUT2D eigenvalue weighted by atomic mass is 19.4. The molecule has 0 amide bonds. The molecule has 1 aromatic heterocycles. The van der Waals surface area contributed by atoms with E-state index in [2.05, 4.69) is 5.16 Å². The summed E-state index contributed by atoms with van der Waals surface area (Å²) in [5, 5.41) is 12.8. The number of alkyl halides is 3. The minimum Gasteiger partial charge on any atom is -0.488 e. The number of hydrogen-bond donors (Lipinski definition) is 2. The Morgan fingerprint density at radius 2 is 1.61 bits per heavy atom. The molecule has 1 atom stereocenters. The lowest BCUT2D eigenvalue weighted by molar-refractivity contribution is -0.139. The van der Waals surface area contributed by atoms with E-state index in [0.29, 0.717) is 5.56 Å². The van der Waals surface area contributed by atoms with Crippen molar-refractivity contribution in [2.45, 2.75) is 31.7 Å². The van der Waals surface area contributed by atoms with Crippen molar-refractivity contribution in [2.24, 2.45) is 5.73 Å². The highest BCUT2D eigenvalue weighted by molar-refractivity contribution is 5.69. The van der Waals surface area contributed by atoms with Crippen LogP contribution in [0.2, 0.25) is 0 Å². The number of ether oxygens (including phenoxy) is 1. The van der Waals surface area contributed by atoms with Gasteiger partial charge in [0, 0.05) is 11.6 Å². The molecule has 3 N–H and O–H groups in total. The van der Waals surface area contributed by atoms with Crippen LogP contribution in [0, 0.1) is 0 Å². The van der Waals surface area contributed by atoms with Crippen LogP contribution in [-0.4, -0.2) is 16.2 Å². The van der Waals surface area contributed by atoms with Crippen LogP contribution in [0.3, 0.4) is 0 Å². The maximum Gasteiger partial charge on any atom is 0.419 e. The van der Waals surface area contributed by atoms with Crippen molar-refractivity contribution < 1.29 is 32.3 Å². The van der Waals surface area contributed by atoms with E-state index in [1.807, 2.05) is 42.5 Å². The Balaban J connectivity index is 1.54. The summed E-state index contributed by atoms with van der Waals surface area (Å²) in [6.45, 7) is 1.40. The summed E-state index contributed by atoms with van der Waals surface area (Å²) >= 11 is 0. The maximum atomic E-state index is 13.8. The number of hydrogen-bond acceptors (Lipinski definition) is 5. The lowest BCUT2D eigenvalue weighted by atomic mass is 9.94. The summed E-state index contributed by atoms with van der Waals surface area (Å²) in [7, 11) is 0. The molecule has 0 saturated heterocycles. The van der Waals surface area contributed by atoms with Gasteiger partial charge in [-0.15, -0.1) is 0 Å². The summed E-state index contributed by atoms with van der Waals surface area (Å²) in [6.07, 6.45) is -5.11. The molecule has 0 aliphatic rings. The Morgan fingerprint density at radius 1 is 0.972 bits per heavy atom. The fourth-order valence-electron chi connectivity index (χ4n) is 3.70. The van der Waals surface area contributed by atoms with Crippen molar-refractivity contribution in [1.29, 1.82) is 0 Å². The fraction of sp³-hybridized carbons (Fsp3) is 0.185. The second-order valence-electron chi connectivity index (χ2n) is 8.62. The lowest BCUT2D eigenvalue weighted by Gasteiger charge is -2.18. The van der Waals surface area contributed by atoms with Gasteiger partial charge in [-0.3, -0.25) is 4.79 Å². The Labute approximate surface area is 205 Å². The molecule has 36 heavy (non-hydrogen) atoms. The average Bonchev–Trinajstić information content (AvgIpc) is 3.34. The molecule has 4 rings (SSSR count). The van der Waals surface area contributed by atoms with Gasteiger partial charge in [0.15, 0.2) is 5.76 Å². The number of carboxylic acids is 1. The predicted octanol–water partition coefficient (Wildman–Crippen LogP) is 6.26. The maximum absolute atomic E-state index is 13.8. The van der Waals surface area contributed by atoms with Crippen LogP contribution in [0.5, 0.6) is 5.75 Å². The number of aliphatic carboxylic acids is 1. The third-order valence-electron chi connectivity index (χ3n) is 5.64. The van der Waals surface area contributed by atoms with Crippen molar-refractivity contribution in [1.82, 2.24) is 5.16 Å². The summed E-state index contributed by atoms with van der Waals surface area (Å²) in [4.78, 5) is 11.0. The number of carbonyl (C=O) groups is 1. The molecule has 0 aliphatic heterocycles. The zero-order valence-corrected chi connectivity index (χ0v) is 19.3. The van der Waals surface area contributed by atoms with Gasteiger partial charge in [-0.1, -0.05) is 59.8 Å². The van der Waals surface area contributed by atoms with E-state index >= 15 is 0 Å². The Bertz CT molecular complexity index is 1350. The van der Waals surface area contributed by atoms with E-state index in [9.17, 15) is 18.0 Å². The van der Waals surface area contributed by atoms with Crippen LogP contribution in [0.1, 0.15) is 30.2 Å². The van der Waals surface area contributed by atoms with Gasteiger partial charge in [0.1, 0.15) is 18.1 Å². The second kappa shape index (κ2) is 9.87. The first-order valence-electron chi connectivity index (χ1n) is 11.0. The molecular formula is C27H23F3N2O4. The molecule has 0 aliphatic carbocycles. The van der Waals surface area contributed by atoms with Crippen LogP contribution >= 0.6 is 0 Å². The number of aromatic nitrogens is 1. The van der Waals surface area contributed by atoms with Crippen molar-refractivity contribution in [3.63, 3.8) is 0 Å². The minimum absolute atomic E-state index is 0.0283. The van der Waals surface area contributed by atoms with Crippen LogP contribution in [0.4, 0.5) is 13.2 Å². The molecule has 4 aromatic rings. The zero-order chi connectivity index (χ0) is 25.9. The van der Waals surface area contributed by atoms with E-state index in [1.54, 1.807) is 12.1 Å². The molecule has 9 heteroatoms. The molecule has 1 heterocycles. The van der Waals surface area contributed by atoms with E-state index < -0.39 is 29.7 Å². The fourth-order valence-corrected chi connectivity index (χ4v) is 3.70. The van der Waals surface area contributed by atoms with Gasteiger partial charge in [-0.05, 0) is 41.8 Å². The Kier molecular flexibility index (Phi) is 6.85. The normalized spacial score (nSPS) is 13.2. The summed E-state index contributed by atoms with van der Waals surface area (Å²) in [5.74, 6) is -1.44. The third-order valence-corrected chi connectivity index (χ3v) is 5.64. The van der Waals surface area contributed by atoms with Crippen molar-refractivity contribution in [2.75, 3.05) is 0 Å². The smallest absolute Gasteiger partial charge is 0.419 e. The predicted molar refractivity (Wildman–Crippen MR) is 127 cm³/mol. The van der Waals surface area contributed by atoms with E-state index in [-0.39, 0.29) is 29.4 Å². The molecule has 186 valence electrons. The van der Waals surface area contributed by atoms with Crippen LogP contribution in [0.25, 0.3) is 22.5 Å². The van der Waals surface area contributed by atoms with E-state index in [0.717, 1.165) is 17.2 Å². The number of nitrogens with two attached hydrogens (primary N) is 1.